The summed E-state index contributed by atoms with van der Waals surface area (Å²) in [6.07, 6.45) is 2.25. The zero-order valence-corrected chi connectivity index (χ0v) is 8.45. The lowest BCUT2D eigenvalue weighted by Gasteiger charge is -2.09. The number of phenols is 2. The standard InChI is InChI=1S/C11H17NO2/c1-2-8-6-10(13)7-9(11(8)14)4-3-5-12/h6-7,13-14H,2-5,12H2,1H3. The first-order valence-corrected chi connectivity index (χ1v) is 4.92. The van der Waals surface area contributed by atoms with Crippen molar-refractivity contribution in [3.63, 3.8) is 0 Å². The van der Waals surface area contributed by atoms with Crippen LogP contribution in [0.1, 0.15) is 24.5 Å². The summed E-state index contributed by atoms with van der Waals surface area (Å²) in [5.74, 6) is 0.519. The number of aryl methyl sites for hydroxylation is 2. The quantitative estimate of drug-likeness (QED) is 0.638. The molecule has 0 atom stereocenters. The smallest absolute Gasteiger partial charge is 0.122 e. The van der Waals surface area contributed by atoms with Crippen LogP contribution in [0, 0.1) is 0 Å². The Morgan fingerprint density at radius 3 is 2.43 bits per heavy atom. The van der Waals surface area contributed by atoms with Crippen molar-refractivity contribution >= 4 is 0 Å². The van der Waals surface area contributed by atoms with E-state index in [0.29, 0.717) is 18.7 Å². The molecule has 0 radical (unpaired) electrons. The van der Waals surface area contributed by atoms with Crippen LogP contribution < -0.4 is 5.73 Å². The largest absolute Gasteiger partial charge is 0.508 e. The molecular weight excluding hydrogens is 178 g/mol. The average molecular weight is 195 g/mol. The molecule has 0 aromatic heterocycles. The van der Waals surface area contributed by atoms with E-state index in [-0.39, 0.29) is 5.75 Å². The van der Waals surface area contributed by atoms with Gasteiger partial charge in [-0.3, -0.25) is 0 Å². The van der Waals surface area contributed by atoms with Crippen LogP contribution in [0.25, 0.3) is 0 Å². The van der Waals surface area contributed by atoms with Gasteiger partial charge in [-0.15, -0.1) is 0 Å². The molecular formula is C11H17NO2. The van der Waals surface area contributed by atoms with Gasteiger partial charge in [-0.1, -0.05) is 6.92 Å². The van der Waals surface area contributed by atoms with Gasteiger partial charge >= 0.3 is 0 Å². The molecule has 0 spiro atoms. The normalized spacial score (nSPS) is 10.4. The molecule has 0 saturated heterocycles. The Bertz CT molecular complexity index is 310. The van der Waals surface area contributed by atoms with Gasteiger partial charge in [-0.25, -0.2) is 0 Å². The van der Waals surface area contributed by atoms with Gasteiger partial charge in [0.2, 0.25) is 0 Å². The summed E-state index contributed by atoms with van der Waals surface area (Å²) in [5.41, 5.74) is 6.96. The number of hydrogen-bond donors (Lipinski definition) is 3. The van der Waals surface area contributed by atoms with Crippen molar-refractivity contribution in [2.24, 2.45) is 5.73 Å². The monoisotopic (exact) mass is 195 g/mol. The Balaban J connectivity index is 2.96. The summed E-state index contributed by atoms with van der Waals surface area (Å²) < 4.78 is 0. The van der Waals surface area contributed by atoms with E-state index in [4.69, 9.17) is 5.73 Å². The fourth-order valence-corrected chi connectivity index (χ4v) is 1.49. The number of aromatic hydroxyl groups is 2. The lowest BCUT2D eigenvalue weighted by molar-refractivity contribution is 0.447. The molecule has 0 amide bonds. The van der Waals surface area contributed by atoms with Crippen molar-refractivity contribution < 1.29 is 10.2 Å². The molecule has 78 valence electrons. The minimum atomic E-state index is 0.215. The summed E-state index contributed by atoms with van der Waals surface area (Å²) in [6.45, 7) is 2.54. The molecule has 0 heterocycles. The maximum Gasteiger partial charge on any atom is 0.122 e. The molecule has 1 aromatic rings. The van der Waals surface area contributed by atoms with Crippen molar-refractivity contribution in [1.82, 2.24) is 0 Å². The molecule has 14 heavy (non-hydrogen) atoms. The van der Waals surface area contributed by atoms with Crippen molar-refractivity contribution in [3.8, 4) is 11.5 Å². The van der Waals surface area contributed by atoms with E-state index >= 15 is 0 Å². The molecule has 3 nitrogen and oxygen atoms in total. The molecule has 1 rings (SSSR count). The highest BCUT2D eigenvalue weighted by atomic mass is 16.3. The van der Waals surface area contributed by atoms with Crippen molar-refractivity contribution in [1.29, 1.82) is 0 Å². The van der Waals surface area contributed by atoms with Crippen LogP contribution in [0.4, 0.5) is 0 Å². The second kappa shape index (κ2) is 4.86. The van der Waals surface area contributed by atoms with E-state index in [1.807, 2.05) is 6.92 Å². The van der Waals surface area contributed by atoms with Crippen LogP contribution in [0.15, 0.2) is 12.1 Å². The Hall–Kier alpha value is -1.22. The summed E-state index contributed by atoms with van der Waals surface area (Å²) in [7, 11) is 0. The summed E-state index contributed by atoms with van der Waals surface area (Å²) in [4.78, 5) is 0. The molecule has 3 heteroatoms. The van der Waals surface area contributed by atoms with E-state index in [0.717, 1.165) is 24.0 Å². The topological polar surface area (TPSA) is 66.5 Å². The number of hydrogen-bond acceptors (Lipinski definition) is 3. The Morgan fingerprint density at radius 2 is 1.86 bits per heavy atom. The van der Waals surface area contributed by atoms with Crippen LogP contribution in [-0.2, 0) is 12.8 Å². The summed E-state index contributed by atoms with van der Waals surface area (Å²) in [6, 6.07) is 3.20. The van der Waals surface area contributed by atoms with Crippen molar-refractivity contribution in [3.05, 3.63) is 23.3 Å². The van der Waals surface area contributed by atoms with Gasteiger partial charge in [0, 0.05) is 0 Å². The van der Waals surface area contributed by atoms with Crippen LogP contribution in [-0.4, -0.2) is 16.8 Å². The molecule has 0 fully saturated rings. The summed E-state index contributed by atoms with van der Waals surface area (Å²) >= 11 is 0. The molecule has 0 saturated carbocycles. The van der Waals surface area contributed by atoms with Crippen LogP contribution in [0.2, 0.25) is 0 Å². The van der Waals surface area contributed by atoms with Gasteiger partial charge in [0.25, 0.3) is 0 Å². The lowest BCUT2D eigenvalue weighted by atomic mass is 10.0. The first-order valence-electron chi connectivity index (χ1n) is 4.92. The number of rotatable bonds is 4. The van der Waals surface area contributed by atoms with E-state index in [9.17, 15) is 10.2 Å². The highest BCUT2D eigenvalue weighted by molar-refractivity contribution is 5.45. The maximum atomic E-state index is 9.79. The van der Waals surface area contributed by atoms with Crippen LogP contribution >= 0.6 is 0 Å². The number of phenolic OH excluding ortho intramolecular Hbond substituents is 2. The van der Waals surface area contributed by atoms with Crippen molar-refractivity contribution in [2.75, 3.05) is 6.54 Å². The van der Waals surface area contributed by atoms with E-state index in [2.05, 4.69) is 0 Å². The third-order valence-electron chi connectivity index (χ3n) is 2.28. The van der Waals surface area contributed by atoms with E-state index in [1.54, 1.807) is 12.1 Å². The zero-order valence-electron chi connectivity index (χ0n) is 8.45. The predicted molar refractivity (Wildman–Crippen MR) is 56.5 cm³/mol. The molecule has 1 aromatic carbocycles. The molecule has 0 unspecified atom stereocenters. The third kappa shape index (κ3) is 2.39. The molecule has 0 aliphatic heterocycles. The molecule has 4 N–H and O–H groups in total. The van der Waals surface area contributed by atoms with Crippen molar-refractivity contribution in [2.45, 2.75) is 26.2 Å². The van der Waals surface area contributed by atoms with Gasteiger partial charge in [-0.2, -0.15) is 0 Å². The minimum absolute atomic E-state index is 0.215. The lowest BCUT2D eigenvalue weighted by Crippen LogP contribution is -2.01. The first-order chi connectivity index (χ1) is 6.69. The molecule has 0 aliphatic carbocycles. The average Bonchev–Trinajstić information content (AvgIpc) is 2.18. The number of benzene rings is 1. The third-order valence-corrected chi connectivity index (χ3v) is 2.28. The Morgan fingerprint density at radius 1 is 1.21 bits per heavy atom. The van der Waals surface area contributed by atoms with Gasteiger partial charge in [-0.05, 0) is 49.1 Å². The summed E-state index contributed by atoms with van der Waals surface area (Å²) in [5, 5.41) is 19.2. The SMILES string of the molecule is CCc1cc(O)cc(CCCN)c1O. The maximum absolute atomic E-state index is 9.79. The molecule has 0 bridgehead atoms. The fourth-order valence-electron chi connectivity index (χ4n) is 1.49. The van der Waals surface area contributed by atoms with E-state index < -0.39 is 0 Å². The molecule has 0 aliphatic rings. The number of nitrogens with two attached hydrogens (primary N) is 1. The van der Waals surface area contributed by atoms with Gasteiger partial charge in [0.05, 0.1) is 0 Å². The van der Waals surface area contributed by atoms with Crippen LogP contribution in [0.3, 0.4) is 0 Å². The predicted octanol–water partition coefficient (Wildman–Crippen LogP) is 1.55. The van der Waals surface area contributed by atoms with E-state index in [1.165, 1.54) is 0 Å². The highest BCUT2D eigenvalue weighted by Gasteiger charge is 2.07. The van der Waals surface area contributed by atoms with Gasteiger partial charge in [0.15, 0.2) is 0 Å². The second-order valence-electron chi connectivity index (χ2n) is 3.36. The van der Waals surface area contributed by atoms with Gasteiger partial charge in [0.1, 0.15) is 11.5 Å². The highest BCUT2D eigenvalue weighted by Crippen LogP contribution is 2.28. The minimum Gasteiger partial charge on any atom is -0.508 e. The second-order valence-corrected chi connectivity index (χ2v) is 3.36. The Labute approximate surface area is 84.2 Å². The Kier molecular flexibility index (Phi) is 3.77. The van der Waals surface area contributed by atoms with Gasteiger partial charge < -0.3 is 15.9 Å². The van der Waals surface area contributed by atoms with Crippen LogP contribution in [0.5, 0.6) is 11.5 Å². The first kappa shape index (κ1) is 10.9. The zero-order chi connectivity index (χ0) is 10.6. The fraction of sp³-hybridized carbons (Fsp3) is 0.455.